The summed E-state index contributed by atoms with van der Waals surface area (Å²) < 4.78 is 18.2. The Hall–Kier alpha value is -2.93. The number of carbonyl (C=O) groups excluding carboxylic acids is 2. The molecule has 2 aliphatic heterocycles. The van der Waals surface area contributed by atoms with E-state index in [1.165, 1.54) is 17.0 Å². The number of rotatable bonds is 4. The number of carbonyl (C=O) groups is 2. The molecule has 6 nitrogen and oxygen atoms in total. The highest BCUT2D eigenvalue weighted by Crippen LogP contribution is 2.28. The first-order valence-electron chi connectivity index (χ1n) is 9.32. The van der Waals surface area contributed by atoms with Gasteiger partial charge in [-0.15, -0.1) is 0 Å². The number of ether oxygens (including phenoxy) is 1. The van der Waals surface area contributed by atoms with Gasteiger partial charge in [0, 0.05) is 31.9 Å². The SMILES string of the molecule is COc1ccc(N2C(=O)C[C@@H](N3CCN(c4ccc(F)cc4)CC3)C2=O)cc1. The molecule has 2 fully saturated rings. The molecule has 0 saturated carbocycles. The molecule has 0 N–H and O–H groups in total. The van der Waals surface area contributed by atoms with Crippen LogP contribution in [0, 0.1) is 5.82 Å². The summed E-state index contributed by atoms with van der Waals surface area (Å²) in [4.78, 5) is 31.0. The molecule has 7 heteroatoms. The van der Waals surface area contributed by atoms with Crippen molar-refractivity contribution in [2.75, 3.05) is 43.1 Å². The fourth-order valence-electron chi connectivity index (χ4n) is 3.85. The average Bonchev–Trinajstić information content (AvgIpc) is 3.03. The Kier molecular flexibility index (Phi) is 5.00. The fraction of sp³-hybridized carbons (Fsp3) is 0.333. The number of anilines is 2. The zero-order chi connectivity index (χ0) is 19.7. The van der Waals surface area contributed by atoms with Crippen LogP contribution in [0.3, 0.4) is 0 Å². The molecule has 0 bridgehead atoms. The van der Waals surface area contributed by atoms with E-state index < -0.39 is 6.04 Å². The largest absolute Gasteiger partial charge is 0.497 e. The van der Waals surface area contributed by atoms with Crippen LogP contribution >= 0.6 is 0 Å². The number of imide groups is 1. The van der Waals surface area contributed by atoms with Gasteiger partial charge in [0.1, 0.15) is 11.6 Å². The van der Waals surface area contributed by atoms with Gasteiger partial charge in [-0.25, -0.2) is 9.29 Å². The minimum absolute atomic E-state index is 0.176. The second-order valence-electron chi connectivity index (χ2n) is 6.98. The maximum atomic E-state index is 13.1. The van der Waals surface area contributed by atoms with E-state index in [1.807, 2.05) is 0 Å². The van der Waals surface area contributed by atoms with Gasteiger partial charge in [-0.1, -0.05) is 0 Å². The minimum Gasteiger partial charge on any atom is -0.497 e. The van der Waals surface area contributed by atoms with E-state index in [9.17, 15) is 14.0 Å². The normalized spacial score (nSPS) is 20.7. The van der Waals surface area contributed by atoms with Crippen molar-refractivity contribution in [1.82, 2.24) is 4.90 Å². The van der Waals surface area contributed by atoms with Crippen LogP contribution in [0.15, 0.2) is 48.5 Å². The fourth-order valence-corrected chi connectivity index (χ4v) is 3.85. The summed E-state index contributed by atoms with van der Waals surface area (Å²) in [5.74, 6) is 0.0684. The lowest BCUT2D eigenvalue weighted by molar-refractivity contribution is -0.123. The van der Waals surface area contributed by atoms with Crippen LogP contribution in [-0.4, -0.2) is 56.0 Å². The number of piperazine rings is 1. The van der Waals surface area contributed by atoms with Crippen molar-refractivity contribution in [2.45, 2.75) is 12.5 Å². The Morgan fingerprint density at radius 3 is 2.11 bits per heavy atom. The lowest BCUT2D eigenvalue weighted by atomic mass is 10.1. The molecule has 1 atom stereocenters. The van der Waals surface area contributed by atoms with Crippen LogP contribution in [0.25, 0.3) is 0 Å². The molecular formula is C21H22FN3O3. The van der Waals surface area contributed by atoms with Gasteiger partial charge in [-0.2, -0.15) is 0 Å². The molecule has 2 aliphatic rings. The molecule has 4 rings (SSSR count). The summed E-state index contributed by atoms with van der Waals surface area (Å²) in [5, 5.41) is 0. The summed E-state index contributed by atoms with van der Waals surface area (Å²) >= 11 is 0. The van der Waals surface area contributed by atoms with E-state index in [0.29, 0.717) is 24.5 Å². The number of amides is 2. The number of methoxy groups -OCH3 is 1. The third-order valence-electron chi connectivity index (χ3n) is 5.40. The van der Waals surface area contributed by atoms with Crippen molar-refractivity contribution in [1.29, 1.82) is 0 Å². The predicted octanol–water partition coefficient (Wildman–Crippen LogP) is 2.29. The summed E-state index contributed by atoms with van der Waals surface area (Å²) in [6, 6.07) is 12.9. The van der Waals surface area contributed by atoms with Crippen molar-refractivity contribution in [2.24, 2.45) is 0 Å². The Bertz CT molecular complexity index is 861. The zero-order valence-corrected chi connectivity index (χ0v) is 15.7. The number of halogens is 1. The van der Waals surface area contributed by atoms with Crippen molar-refractivity contribution < 1.29 is 18.7 Å². The molecule has 146 valence electrons. The monoisotopic (exact) mass is 383 g/mol. The molecule has 0 unspecified atom stereocenters. The second kappa shape index (κ2) is 7.59. The Morgan fingerprint density at radius 1 is 0.893 bits per heavy atom. The number of nitrogens with zero attached hydrogens (tertiary/aromatic N) is 3. The molecule has 0 spiro atoms. The first kappa shape index (κ1) is 18.4. The van der Waals surface area contributed by atoms with Crippen LogP contribution in [0.5, 0.6) is 5.75 Å². The van der Waals surface area contributed by atoms with Gasteiger partial charge < -0.3 is 9.64 Å². The Morgan fingerprint density at radius 2 is 1.50 bits per heavy atom. The van der Waals surface area contributed by atoms with Crippen molar-refractivity contribution in [3.05, 3.63) is 54.3 Å². The minimum atomic E-state index is -0.426. The summed E-state index contributed by atoms with van der Waals surface area (Å²) in [6.07, 6.45) is 0.196. The molecule has 2 saturated heterocycles. The molecule has 2 amide bonds. The van der Waals surface area contributed by atoms with E-state index in [0.717, 1.165) is 18.8 Å². The highest BCUT2D eigenvalue weighted by Gasteiger charge is 2.43. The third kappa shape index (κ3) is 3.45. The van der Waals surface area contributed by atoms with Crippen LogP contribution in [-0.2, 0) is 9.59 Å². The first-order valence-corrected chi connectivity index (χ1v) is 9.32. The molecule has 0 aliphatic carbocycles. The van der Waals surface area contributed by atoms with Gasteiger partial charge in [-0.3, -0.25) is 14.5 Å². The van der Waals surface area contributed by atoms with Gasteiger partial charge in [0.15, 0.2) is 0 Å². The topological polar surface area (TPSA) is 53.1 Å². The van der Waals surface area contributed by atoms with Crippen LogP contribution in [0.1, 0.15) is 6.42 Å². The van der Waals surface area contributed by atoms with Crippen molar-refractivity contribution in [3.63, 3.8) is 0 Å². The molecular weight excluding hydrogens is 361 g/mol. The second-order valence-corrected chi connectivity index (χ2v) is 6.98. The Balaban J connectivity index is 1.42. The summed E-state index contributed by atoms with van der Waals surface area (Å²) in [5.41, 5.74) is 1.54. The molecule has 0 radical (unpaired) electrons. The maximum Gasteiger partial charge on any atom is 0.251 e. The first-order chi connectivity index (χ1) is 13.6. The highest BCUT2D eigenvalue weighted by molar-refractivity contribution is 6.22. The quantitative estimate of drug-likeness (QED) is 0.759. The molecule has 2 aromatic carbocycles. The molecule has 28 heavy (non-hydrogen) atoms. The van der Waals surface area contributed by atoms with Gasteiger partial charge >= 0.3 is 0 Å². The molecule has 2 aromatic rings. The van der Waals surface area contributed by atoms with E-state index in [-0.39, 0.29) is 24.1 Å². The summed E-state index contributed by atoms with van der Waals surface area (Å²) in [7, 11) is 1.57. The van der Waals surface area contributed by atoms with Crippen LogP contribution in [0.2, 0.25) is 0 Å². The van der Waals surface area contributed by atoms with Gasteiger partial charge in [-0.05, 0) is 48.5 Å². The molecule has 0 aromatic heterocycles. The number of hydrogen-bond acceptors (Lipinski definition) is 5. The smallest absolute Gasteiger partial charge is 0.251 e. The van der Waals surface area contributed by atoms with Crippen LogP contribution < -0.4 is 14.5 Å². The van der Waals surface area contributed by atoms with E-state index in [1.54, 1.807) is 43.5 Å². The van der Waals surface area contributed by atoms with E-state index >= 15 is 0 Å². The standard InChI is InChI=1S/C21H22FN3O3/c1-28-18-8-6-17(7-9-18)25-20(26)14-19(21(25)27)24-12-10-23(11-13-24)16-4-2-15(22)3-5-16/h2-9,19H,10-14H2,1H3/t19-/m1/s1. The highest BCUT2D eigenvalue weighted by atomic mass is 19.1. The van der Waals surface area contributed by atoms with E-state index in [4.69, 9.17) is 4.74 Å². The van der Waals surface area contributed by atoms with E-state index in [2.05, 4.69) is 9.80 Å². The van der Waals surface area contributed by atoms with Gasteiger partial charge in [0.25, 0.3) is 5.91 Å². The number of benzene rings is 2. The van der Waals surface area contributed by atoms with Crippen molar-refractivity contribution >= 4 is 23.2 Å². The number of hydrogen-bond donors (Lipinski definition) is 0. The van der Waals surface area contributed by atoms with Gasteiger partial charge in [0.05, 0.1) is 25.3 Å². The van der Waals surface area contributed by atoms with Gasteiger partial charge in [0.2, 0.25) is 5.91 Å². The lowest BCUT2D eigenvalue weighted by Gasteiger charge is -2.38. The summed E-state index contributed by atoms with van der Waals surface area (Å²) in [6.45, 7) is 2.81. The third-order valence-corrected chi connectivity index (χ3v) is 5.40. The maximum absolute atomic E-state index is 13.1. The average molecular weight is 383 g/mol. The zero-order valence-electron chi connectivity index (χ0n) is 15.7. The van der Waals surface area contributed by atoms with Crippen LogP contribution in [0.4, 0.5) is 15.8 Å². The Labute approximate surface area is 163 Å². The molecule has 2 heterocycles. The van der Waals surface area contributed by atoms with Crippen molar-refractivity contribution in [3.8, 4) is 5.75 Å². The predicted molar refractivity (Wildman–Crippen MR) is 104 cm³/mol. The lowest BCUT2D eigenvalue weighted by Crippen LogP contribution is -2.52.